The highest BCUT2D eigenvalue weighted by Crippen LogP contribution is 2.34. The summed E-state index contributed by atoms with van der Waals surface area (Å²) in [6.07, 6.45) is 4.81. The lowest BCUT2D eigenvalue weighted by Crippen LogP contribution is -2.60. The first-order chi connectivity index (χ1) is 14.1. The molecule has 0 aliphatic carbocycles. The number of hydrogen-bond acceptors (Lipinski definition) is 2. The lowest BCUT2D eigenvalue weighted by atomic mass is 9.82. The van der Waals surface area contributed by atoms with Crippen LogP contribution in [0.3, 0.4) is 0 Å². The molecule has 3 amide bonds. The molecule has 2 N–H and O–H groups in total. The summed E-state index contributed by atoms with van der Waals surface area (Å²) < 4.78 is 0. The number of rotatable bonds is 4. The van der Waals surface area contributed by atoms with E-state index in [2.05, 4.69) is 10.6 Å². The van der Waals surface area contributed by atoms with Crippen molar-refractivity contribution in [3.8, 4) is 0 Å². The van der Waals surface area contributed by atoms with Crippen molar-refractivity contribution in [2.45, 2.75) is 63.7 Å². The molecule has 2 aliphatic rings. The van der Waals surface area contributed by atoms with Gasteiger partial charge in [0.25, 0.3) is 5.91 Å². The van der Waals surface area contributed by atoms with E-state index in [4.69, 9.17) is 0 Å². The fourth-order valence-corrected chi connectivity index (χ4v) is 4.67. The van der Waals surface area contributed by atoms with E-state index in [1.807, 2.05) is 66.4 Å². The molecule has 0 saturated carbocycles. The molecule has 0 spiro atoms. The molecule has 1 unspecified atom stereocenters. The van der Waals surface area contributed by atoms with E-state index in [0.717, 1.165) is 43.2 Å². The van der Waals surface area contributed by atoms with E-state index >= 15 is 0 Å². The molecule has 2 saturated heterocycles. The van der Waals surface area contributed by atoms with Crippen LogP contribution in [-0.4, -0.2) is 35.0 Å². The van der Waals surface area contributed by atoms with Crippen molar-refractivity contribution in [1.82, 2.24) is 15.5 Å². The molecule has 0 aromatic heterocycles. The standard InChI is InChI=1S/C24H29N3O2/c1-17-10-12-19(13-11-17)23(28)26-20-14-21-8-5-9-22(15-20)27(21)24(29)25-16-18-6-3-2-4-7-18/h2-4,6-7,10-13,20-22H,5,8-9,14-16H2,1H3,(H,25,29)(H,26,28)/t20?,21-,22+. The number of nitrogens with one attached hydrogen (secondary N) is 2. The molecular weight excluding hydrogens is 362 g/mol. The average Bonchev–Trinajstić information content (AvgIpc) is 2.72. The zero-order valence-electron chi connectivity index (χ0n) is 16.9. The maximum Gasteiger partial charge on any atom is 0.318 e. The van der Waals surface area contributed by atoms with Crippen molar-refractivity contribution < 1.29 is 9.59 Å². The Kier molecular flexibility index (Phi) is 5.84. The predicted molar refractivity (Wildman–Crippen MR) is 114 cm³/mol. The number of piperidine rings is 2. The van der Waals surface area contributed by atoms with Crippen LogP contribution in [0.4, 0.5) is 4.79 Å². The Balaban J connectivity index is 1.36. The van der Waals surface area contributed by atoms with Crippen molar-refractivity contribution in [3.63, 3.8) is 0 Å². The monoisotopic (exact) mass is 391 g/mol. The largest absolute Gasteiger partial charge is 0.349 e. The Bertz CT molecular complexity index is 836. The van der Waals surface area contributed by atoms with Gasteiger partial charge in [-0.3, -0.25) is 4.79 Å². The molecule has 2 fully saturated rings. The topological polar surface area (TPSA) is 61.4 Å². The second-order valence-electron chi connectivity index (χ2n) is 8.30. The van der Waals surface area contributed by atoms with Crippen molar-refractivity contribution in [2.24, 2.45) is 0 Å². The summed E-state index contributed by atoms with van der Waals surface area (Å²) in [5.41, 5.74) is 2.95. The summed E-state index contributed by atoms with van der Waals surface area (Å²) in [4.78, 5) is 27.6. The van der Waals surface area contributed by atoms with Gasteiger partial charge in [0.1, 0.15) is 0 Å². The minimum absolute atomic E-state index is 0.0185. The van der Waals surface area contributed by atoms with Crippen LogP contribution in [0.15, 0.2) is 54.6 Å². The highest BCUT2D eigenvalue weighted by Gasteiger charge is 2.41. The van der Waals surface area contributed by atoms with Gasteiger partial charge >= 0.3 is 6.03 Å². The highest BCUT2D eigenvalue weighted by molar-refractivity contribution is 5.94. The zero-order valence-corrected chi connectivity index (χ0v) is 16.9. The Morgan fingerprint density at radius 3 is 2.28 bits per heavy atom. The average molecular weight is 392 g/mol. The van der Waals surface area contributed by atoms with E-state index < -0.39 is 0 Å². The quantitative estimate of drug-likeness (QED) is 0.827. The van der Waals surface area contributed by atoms with Gasteiger partial charge < -0.3 is 15.5 Å². The molecule has 4 rings (SSSR count). The lowest BCUT2D eigenvalue weighted by molar-refractivity contribution is 0.0522. The Morgan fingerprint density at radius 1 is 0.966 bits per heavy atom. The first kappa shape index (κ1) is 19.5. The summed E-state index contributed by atoms with van der Waals surface area (Å²) in [5.74, 6) is -0.0185. The van der Waals surface area contributed by atoms with Gasteiger partial charge in [-0.1, -0.05) is 48.0 Å². The molecule has 2 aliphatic heterocycles. The maximum atomic E-state index is 12.9. The highest BCUT2D eigenvalue weighted by atomic mass is 16.2. The Labute approximate surface area is 172 Å². The minimum Gasteiger partial charge on any atom is -0.349 e. The molecule has 2 bridgehead atoms. The number of carbonyl (C=O) groups is 2. The third-order valence-electron chi connectivity index (χ3n) is 6.14. The van der Waals surface area contributed by atoms with Crippen molar-refractivity contribution in [2.75, 3.05) is 0 Å². The Morgan fingerprint density at radius 2 is 1.62 bits per heavy atom. The number of benzene rings is 2. The third-order valence-corrected chi connectivity index (χ3v) is 6.14. The summed E-state index contributed by atoms with van der Waals surface area (Å²) >= 11 is 0. The second-order valence-corrected chi connectivity index (χ2v) is 8.30. The van der Waals surface area contributed by atoms with Gasteiger partial charge in [-0.2, -0.15) is 0 Å². The smallest absolute Gasteiger partial charge is 0.318 e. The first-order valence-corrected chi connectivity index (χ1v) is 10.6. The number of aryl methyl sites for hydroxylation is 1. The Hall–Kier alpha value is -2.82. The van der Waals surface area contributed by atoms with Crippen LogP contribution in [0.1, 0.15) is 53.6 Å². The van der Waals surface area contributed by atoms with Crippen molar-refractivity contribution in [3.05, 3.63) is 71.3 Å². The minimum atomic E-state index is -0.0185. The van der Waals surface area contributed by atoms with Crippen LogP contribution in [0.5, 0.6) is 0 Å². The van der Waals surface area contributed by atoms with Crippen molar-refractivity contribution in [1.29, 1.82) is 0 Å². The van der Waals surface area contributed by atoms with Gasteiger partial charge in [-0.25, -0.2) is 4.79 Å². The number of amides is 3. The van der Waals surface area contributed by atoms with Crippen LogP contribution in [-0.2, 0) is 6.54 Å². The van der Waals surface area contributed by atoms with Crippen molar-refractivity contribution >= 4 is 11.9 Å². The van der Waals surface area contributed by atoms with Crippen LogP contribution in [0, 0.1) is 6.92 Å². The van der Waals surface area contributed by atoms with Gasteiger partial charge in [-0.15, -0.1) is 0 Å². The number of carbonyl (C=O) groups excluding carboxylic acids is 2. The van der Waals surface area contributed by atoms with E-state index in [9.17, 15) is 9.59 Å². The van der Waals surface area contributed by atoms with Gasteiger partial charge in [0.2, 0.25) is 0 Å². The normalized spacial score (nSPS) is 23.3. The van der Waals surface area contributed by atoms with Gasteiger partial charge in [0.15, 0.2) is 0 Å². The van der Waals surface area contributed by atoms with E-state index in [0.29, 0.717) is 12.1 Å². The van der Waals surface area contributed by atoms with Crippen LogP contribution in [0.25, 0.3) is 0 Å². The van der Waals surface area contributed by atoms with Crippen LogP contribution in [0.2, 0.25) is 0 Å². The molecule has 5 nitrogen and oxygen atoms in total. The summed E-state index contributed by atoms with van der Waals surface area (Å²) in [6.45, 7) is 2.56. The molecule has 3 atom stereocenters. The zero-order chi connectivity index (χ0) is 20.2. The molecule has 29 heavy (non-hydrogen) atoms. The maximum absolute atomic E-state index is 12.9. The summed E-state index contributed by atoms with van der Waals surface area (Å²) in [7, 11) is 0. The van der Waals surface area contributed by atoms with Gasteiger partial charge in [-0.05, 0) is 56.7 Å². The molecule has 2 aromatic carbocycles. The van der Waals surface area contributed by atoms with Gasteiger partial charge in [0.05, 0.1) is 0 Å². The SMILES string of the molecule is Cc1ccc(C(=O)NC2C[C@H]3CCC[C@@H](C2)N3C(=O)NCc2ccccc2)cc1. The lowest BCUT2D eigenvalue weighted by Gasteiger charge is -2.48. The fraction of sp³-hybridized carbons (Fsp3) is 0.417. The predicted octanol–water partition coefficient (Wildman–Crippen LogP) is 4.02. The first-order valence-electron chi connectivity index (χ1n) is 10.6. The van der Waals surface area contributed by atoms with Crippen LogP contribution >= 0.6 is 0 Å². The second kappa shape index (κ2) is 8.68. The number of nitrogens with zero attached hydrogens (tertiary/aromatic N) is 1. The van der Waals surface area contributed by atoms with E-state index in [-0.39, 0.29) is 30.1 Å². The summed E-state index contributed by atoms with van der Waals surface area (Å²) in [5, 5.41) is 6.29. The van der Waals surface area contributed by atoms with E-state index in [1.165, 1.54) is 0 Å². The molecule has 0 radical (unpaired) electrons. The van der Waals surface area contributed by atoms with E-state index in [1.54, 1.807) is 0 Å². The number of hydrogen-bond donors (Lipinski definition) is 2. The molecule has 5 heteroatoms. The number of urea groups is 1. The summed E-state index contributed by atoms with van der Waals surface area (Å²) in [6, 6.07) is 18.2. The third kappa shape index (κ3) is 4.61. The molecule has 2 aromatic rings. The molecular formula is C24H29N3O2. The van der Waals surface area contributed by atoms with Crippen LogP contribution < -0.4 is 10.6 Å². The molecule has 152 valence electrons. The number of fused-ring (bicyclic) bond motifs is 2. The van der Waals surface area contributed by atoms with Gasteiger partial charge in [0, 0.05) is 30.2 Å². The fourth-order valence-electron chi connectivity index (χ4n) is 4.67. The molecule has 2 heterocycles.